The van der Waals surface area contributed by atoms with Gasteiger partial charge in [0, 0.05) is 26.7 Å². The maximum Gasteiger partial charge on any atom is 0.248 e. The first-order chi connectivity index (χ1) is 14.2. The number of carbonyl (C=O) groups is 1. The summed E-state index contributed by atoms with van der Waals surface area (Å²) >= 11 is 7.32. The van der Waals surface area contributed by atoms with E-state index in [9.17, 15) is 4.79 Å². The third kappa shape index (κ3) is 5.04. The highest BCUT2D eigenvalue weighted by atomic mass is 35.5. The minimum Gasteiger partial charge on any atom is -0.416 e. The quantitative estimate of drug-likeness (QED) is 0.399. The van der Waals surface area contributed by atoms with Gasteiger partial charge in [0.1, 0.15) is 0 Å². The van der Waals surface area contributed by atoms with Crippen LogP contribution < -0.4 is 5.32 Å². The molecule has 1 amide bonds. The van der Waals surface area contributed by atoms with E-state index in [4.69, 9.17) is 16.0 Å². The molecule has 0 spiro atoms. The predicted molar refractivity (Wildman–Crippen MR) is 116 cm³/mol. The Morgan fingerprint density at radius 2 is 1.48 bits per heavy atom. The predicted octanol–water partition coefficient (Wildman–Crippen LogP) is 5.79. The van der Waals surface area contributed by atoms with Gasteiger partial charge in [-0.2, -0.15) is 0 Å². The molecule has 5 nitrogen and oxygen atoms in total. The fraction of sp³-hybridized carbons (Fsp3) is 0.0455. The van der Waals surface area contributed by atoms with Gasteiger partial charge in [0.25, 0.3) is 0 Å². The van der Waals surface area contributed by atoms with Crippen molar-refractivity contribution in [2.75, 3.05) is 11.1 Å². The molecule has 0 atom stereocenters. The third-order valence-corrected chi connectivity index (χ3v) is 5.31. The van der Waals surface area contributed by atoms with E-state index in [2.05, 4.69) is 15.5 Å². The number of nitrogens with one attached hydrogen (secondary N) is 1. The van der Waals surface area contributed by atoms with Gasteiger partial charge >= 0.3 is 0 Å². The van der Waals surface area contributed by atoms with Crippen molar-refractivity contribution in [1.29, 1.82) is 0 Å². The Kier molecular flexibility index (Phi) is 5.93. The molecule has 4 aromatic rings. The monoisotopic (exact) mass is 421 g/mol. The summed E-state index contributed by atoms with van der Waals surface area (Å²) in [4.78, 5) is 13.2. The molecule has 1 N–H and O–H groups in total. The fourth-order valence-electron chi connectivity index (χ4n) is 2.61. The van der Waals surface area contributed by atoms with Crippen molar-refractivity contribution < 1.29 is 9.21 Å². The highest BCUT2D eigenvalue weighted by Gasteiger charge is 2.10. The average Bonchev–Trinajstić information content (AvgIpc) is 3.25. The number of hydrogen-bond donors (Lipinski definition) is 1. The van der Waals surface area contributed by atoms with Gasteiger partial charge in [0.15, 0.2) is 0 Å². The summed E-state index contributed by atoms with van der Waals surface area (Å²) in [5, 5.41) is 11.8. The summed E-state index contributed by atoms with van der Waals surface area (Å²) in [6.45, 7) is 0. The van der Waals surface area contributed by atoms with Crippen LogP contribution in [0.5, 0.6) is 0 Å². The number of carbonyl (C=O) groups excluding carboxylic acids is 1. The lowest BCUT2D eigenvalue weighted by Gasteiger charge is -2.06. The van der Waals surface area contributed by atoms with Crippen LogP contribution in [0.4, 0.5) is 5.69 Å². The fourth-order valence-corrected chi connectivity index (χ4v) is 3.43. The van der Waals surface area contributed by atoms with Crippen molar-refractivity contribution in [3.8, 4) is 22.9 Å². The van der Waals surface area contributed by atoms with E-state index in [0.717, 1.165) is 16.0 Å². The number of amides is 1. The van der Waals surface area contributed by atoms with Crippen molar-refractivity contribution in [3.05, 3.63) is 83.9 Å². The van der Waals surface area contributed by atoms with Gasteiger partial charge in [-0.05, 0) is 60.7 Å². The van der Waals surface area contributed by atoms with Crippen LogP contribution in [-0.4, -0.2) is 21.9 Å². The number of benzene rings is 3. The summed E-state index contributed by atoms with van der Waals surface area (Å²) in [6, 6.07) is 24.3. The van der Waals surface area contributed by atoms with E-state index in [0.29, 0.717) is 28.2 Å². The standard InChI is InChI=1S/C22H16ClN3O2S/c23-17-8-12-19(13-9-17)29-14-20(27)24-18-10-6-16(7-11-18)22-26-25-21(28-22)15-4-2-1-3-5-15/h1-13H,14H2,(H,24,27). The highest BCUT2D eigenvalue weighted by Crippen LogP contribution is 2.25. The van der Waals surface area contributed by atoms with Gasteiger partial charge in [-0.15, -0.1) is 22.0 Å². The Hall–Kier alpha value is -3.09. The number of aromatic nitrogens is 2. The molecule has 0 aliphatic rings. The Labute approximate surface area is 177 Å². The lowest BCUT2D eigenvalue weighted by Crippen LogP contribution is -2.13. The lowest BCUT2D eigenvalue weighted by molar-refractivity contribution is -0.113. The van der Waals surface area contributed by atoms with Crippen molar-refractivity contribution in [2.24, 2.45) is 0 Å². The molecule has 0 fully saturated rings. The molecule has 0 aliphatic carbocycles. The van der Waals surface area contributed by atoms with Crippen LogP contribution in [0, 0.1) is 0 Å². The number of hydrogen-bond acceptors (Lipinski definition) is 5. The molecule has 0 aliphatic heterocycles. The zero-order valence-corrected chi connectivity index (χ0v) is 16.8. The minimum atomic E-state index is -0.0816. The van der Waals surface area contributed by atoms with Gasteiger partial charge in [-0.3, -0.25) is 4.79 Å². The third-order valence-electron chi connectivity index (χ3n) is 4.04. The molecule has 0 unspecified atom stereocenters. The van der Waals surface area contributed by atoms with E-state index in [1.54, 1.807) is 12.1 Å². The van der Waals surface area contributed by atoms with Crippen LogP contribution in [-0.2, 0) is 4.79 Å². The second-order valence-electron chi connectivity index (χ2n) is 6.15. The smallest absolute Gasteiger partial charge is 0.248 e. The van der Waals surface area contributed by atoms with Gasteiger partial charge in [-0.25, -0.2) is 0 Å². The van der Waals surface area contributed by atoms with Gasteiger partial charge < -0.3 is 9.73 Å². The second-order valence-corrected chi connectivity index (χ2v) is 7.63. The Bertz CT molecular complexity index is 1100. The zero-order chi connectivity index (χ0) is 20.1. The molecule has 7 heteroatoms. The largest absolute Gasteiger partial charge is 0.416 e. The van der Waals surface area contributed by atoms with Crippen molar-refractivity contribution in [1.82, 2.24) is 10.2 Å². The average molecular weight is 422 g/mol. The molecule has 1 aromatic heterocycles. The highest BCUT2D eigenvalue weighted by molar-refractivity contribution is 8.00. The van der Waals surface area contributed by atoms with Crippen LogP contribution in [0.2, 0.25) is 5.02 Å². The van der Waals surface area contributed by atoms with Crippen molar-refractivity contribution in [2.45, 2.75) is 4.90 Å². The van der Waals surface area contributed by atoms with E-state index in [1.807, 2.05) is 66.7 Å². The molecule has 4 rings (SSSR count). The Morgan fingerprint density at radius 1 is 0.862 bits per heavy atom. The molecule has 29 heavy (non-hydrogen) atoms. The first-order valence-electron chi connectivity index (χ1n) is 8.85. The molecule has 3 aromatic carbocycles. The molecular weight excluding hydrogens is 406 g/mol. The number of nitrogens with zero attached hydrogens (tertiary/aromatic N) is 2. The summed E-state index contributed by atoms with van der Waals surface area (Å²) in [6.07, 6.45) is 0. The lowest BCUT2D eigenvalue weighted by atomic mass is 10.2. The number of thioether (sulfide) groups is 1. The molecule has 144 valence electrons. The van der Waals surface area contributed by atoms with Crippen LogP contribution in [0.3, 0.4) is 0 Å². The van der Waals surface area contributed by atoms with Crippen LogP contribution in [0.15, 0.2) is 88.2 Å². The topological polar surface area (TPSA) is 68.0 Å². The van der Waals surface area contributed by atoms with Gasteiger partial charge in [0.2, 0.25) is 17.7 Å². The molecule has 0 saturated carbocycles. The summed E-state index contributed by atoms with van der Waals surface area (Å²) in [7, 11) is 0. The first kappa shape index (κ1) is 19.2. The van der Waals surface area contributed by atoms with Crippen LogP contribution in [0.1, 0.15) is 0 Å². The first-order valence-corrected chi connectivity index (χ1v) is 10.2. The number of rotatable bonds is 6. The van der Waals surface area contributed by atoms with E-state index >= 15 is 0 Å². The van der Waals surface area contributed by atoms with E-state index < -0.39 is 0 Å². The minimum absolute atomic E-state index is 0.0816. The number of halogens is 1. The Morgan fingerprint density at radius 3 is 2.14 bits per heavy atom. The van der Waals surface area contributed by atoms with Gasteiger partial charge in [0.05, 0.1) is 5.75 Å². The van der Waals surface area contributed by atoms with Crippen molar-refractivity contribution >= 4 is 35.0 Å². The maximum atomic E-state index is 12.2. The molecule has 0 radical (unpaired) electrons. The molecule has 0 bridgehead atoms. The van der Waals surface area contributed by atoms with E-state index in [1.165, 1.54) is 11.8 Å². The Balaban J connectivity index is 1.36. The zero-order valence-electron chi connectivity index (χ0n) is 15.2. The molecule has 1 heterocycles. The summed E-state index contributed by atoms with van der Waals surface area (Å²) in [5.41, 5.74) is 2.36. The van der Waals surface area contributed by atoms with E-state index in [-0.39, 0.29) is 5.91 Å². The normalized spacial score (nSPS) is 10.7. The van der Waals surface area contributed by atoms with Gasteiger partial charge in [-0.1, -0.05) is 29.8 Å². The summed E-state index contributed by atoms with van der Waals surface area (Å²) < 4.78 is 5.75. The molecule has 0 saturated heterocycles. The summed E-state index contributed by atoms with van der Waals surface area (Å²) in [5.74, 6) is 1.13. The maximum absolute atomic E-state index is 12.2. The number of anilines is 1. The SMILES string of the molecule is O=C(CSc1ccc(Cl)cc1)Nc1ccc(-c2nnc(-c3ccccc3)o2)cc1. The van der Waals surface area contributed by atoms with Crippen LogP contribution >= 0.6 is 23.4 Å². The van der Waals surface area contributed by atoms with Crippen LogP contribution in [0.25, 0.3) is 22.9 Å². The molecular formula is C22H16ClN3O2S. The van der Waals surface area contributed by atoms with Crippen molar-refractivity contribution in [3.63, 3.8) is 0 Å². The second kappa shape index (κ2) is 8.94.